The highest BCUT2D eigenvalue weighted by atomic mass is 32.1. The Bertz CT molecular complexity index is 1290. The Labute approximate surface area is 209 Å². The maximum atomic E-state index is 13.5. The Morgan fingerprint density at radius 1 is 1.19 bits per heavy atom. The highest BCUT2D eigenvalue weighted by Gasteiger charge is 2.59. The molecule has 3 aliphatic rings. The second-order valence-corrected chi connectivity index (χ2v) is 9.28. The summed E-state index contributed by atoms with van der Waals surface area (Å²) >= 11 is 5.61. The van der Waals surface area contributed by atoms with Gasteiger partial charge in [-0.1, -0.05) is 0 Å². The summed E-state index contributed by atoms with van der Waals surface area (Å²) in [6.45, 7) is 0.546. The number of amides is 2. The van der Waals surface area contributed by atoms with Gasteiger partial charge in [-0.25, -0.2) is 4.98 Å². The van der Waals surface area contributed by atoms with E-state index in [9.17, 15) is 22.8 Å². The smallest absolute Gasteiger partial charge is 0.419 e. The van der Waals surface area contributed by atoms with Gasteiger partial charge in [0.15, 0.2) is 10.8 Å². The minimum Gasteiger partial charge on any atom is -0.490 e. The third-order valence-electron chi connectivity index (χ3n) is 6.73. The second-order valence-electron chi connectivity index (χ2n) is 8.92. The quantitative estimate of drug-likeness (QED) is 0.620. The lowest BCUT2D eigenvalue weighted by molar-refractivity contribution is -0.138. The summed E-state index contributed by atoms with van der Waals surface area (Å²) in [5.74, 6) is 0.0641. The molecule has 0 radical (unpaired) electrons. The number of nitriles is 1. The van der Waals surface area contributed by atoms with E-state index >= 15 is 0 Å². The molecule has 0 bridgehead atoms. The highest BCUT2D eigenvalue weighted by molar-refractivity contribution is 7.81. The zero-order valence-corrected chi connectivity index (χ0v) is 19.7. The van der Waals surface area contributed by atoms with Crippen molar-refractivity contribution in [2.75, 3.05) is 16.3 Å². The number of alkyl halides is 3. The third-order valence-corrected chi connectivity index (χ3v) is 7.10. The number of nitrogens with zero attached hydrogens (tertiary/aromatic N) is 4. The number of carbonyl (C=O) groups excluding carboxylic acids is 2. The molecule has 1 aromatic carbocycles. The Balaban J connectivity index is 1.45. The number of rotatable bonds is 4. The zero-order valence-electron chi connectivity index (χ0n) is 18.8. The average Bonchev–Trinajstić information content (AvgIpc) is 3.05. The first kappa shape index (κ1) is 24.0. The molecular formula is C24H20F3N5O3S. The maximum absolute atomic E-state index is 13.5. The summed E-state index contributed by atoms with van der Waals surface area (Å²) in [6, 6.07) is 9.09. The number of benzene rings is 1. The number of hydrogen-bond acceptors (Lipinski definition) is 6. The van der Waals surface area contributed by atoms with Crippen LogP contribution in [0.15, 0.2) is 36.5 Å². The molecule has 186 valence electrons. The van der Waals surface area contributed by atoms with Crippen molar-refractivity contribution in [1.82, 2.24) is 10.3 Å². The molecule has 1 spiro atoms. The monoisotopic (exact) mass is 515 g/mol. The fourth-order valence-corrected chi connectivity index (χ4v) is 5.28. The molecule has 8 nitrogen and oxygen atoms in total. The molecule has 1 aliphatic carbocycles. The van der Waals surface area contributed by atoms with Gasteiger partial charge in [0.05, 0.1) is 23.9 Å². The van der Waals surface area contributed by atoms with E-state index in [-0.39, 0.29) is 29.2 Å². The Hall–Kier alpha value is -3.72. The van der Waals surface area contributed by atoms with Crippen LogP contribution in [0.5, 0.6) is 5.75 Å². The van der Waals surface area contributed by atoms with E-state index in [2.05, 4.69) is 10.3 Å². The predicted molar refractivity (Wildman–Crippen MR) is 126 cm³/mol. The van der Waals surface area contributed by atoms with Crippen molar-refractivity contribution in [1.29, 1.82) is 5.26 Å². The second kappa shape index (κ2) is 8.74. The molecule has 36 heavy (non-hydrogen) atoms. The van der Waals surface area contributed by atoms with Crippen LogP contribution in [0, 0.1) is 11.3 Å². The number of nitrogens with one attached hydrogen (secondary N) is 1. The molecule has 3 fully saturated rings. The van der Waals surface area contributed by atoms with Crippen molar-refractivity contribution in [2.24, 2.45) is 0 Å². The minimum absolute atomic E-state index is 0.0388. The van der Waals surface area contributed by atoms with Gasteiger partial charge >= 0.3 is 6.18 Å². The summed E-state index contributed by atoms with van der Waals surface area (Å²) in [5, 5.41) is 11.8. The average molecular weight is 516 g/mol. The van der Waals surface area contributed by atoms with E-state index in [0.717, 1.165) is 23.6 Å². The van der Waals surface area contributed by atoms with Gasteiger partial charge in [0, 0.05) is 18.7 Å². The van der Waals surface area contributed by atoms with Crippen LogP contribution < -0.4 is 19.9 Å². The summed E-state index contributed by atoms with van der Waals surface area (Å²) in [5.41, 5.74) is -2.53. The number of ether oxygens (including phenoxy) is 1. The summed E-state index contributed by atoms with van der Waals surface area (Å²) in [6.07, 6.45) is -1.28. The lowest BCUT2D eigenvalue weighted by Gasteiger charge is -2.43. The molecule has 2 aromatic rings. The molecule has 5 rings (SSSR count). The molecule has 2 aliphatic heterocycles. The number of anilines is 2. The van der Waals surface area contributed by atoms with Crippen LogP contribution in [0.25, 0.3) is 0 Å². The van der Waals surface area contributed by atoms with Crippen molar-refractivity contribution in [2.45, 2.75) is 49.9 Å². The fourth-order valence-electron chi connectivity index (χ4n) is 4.81. The number of aromatic nitrogens is 1. The first-order valence-corrected chi connectivity index (χ1v) is 11.7. The lowest BCUT2D eigenvalue weighted by atomic mass is 9.75. The lowest BCUT2D eigenvalue weighted by Crippen LogP contribution is -2.55. The van der Waals surface area contributed by atoms with Gasteiger partial charge in [-0.15, -0.1) is 0 Å². The van der Waals surface area contributed by atoms with E-state index in [0.29, 0.717) is 37.2 Å². The molecule has 3 heterocycles. The standard InChI is InChI=1S/C24H20F3N5O3S/c25-24(26,27)18-10-15(13-30-19(18)12-28)31-21(34)23(7-1-8-23)32(22(31)36)14-2-4-16(5-3-14)35-17-6-9-29-20(33)11-17/h2-5,10,13,17H,1,6-9,11H2,(H,29,33). The van der Waals surface area contributed by atoms with E-state index in [1.54, 1.807) is 29.2 Å². The normalized spacial score (nSPS) is 21.3. The van der Waals surface area contributed by atoms with Gasteiger partial charge in [-0.2, -0.15) is 18.4 Å². The number of halogens is 3. The number of thiocarbonyl (C=S) groups is 1. The Morgan fingerprint density at radius 3 is 2.50 bits per heavy atom. The van der Waals surface area contributed by atoms with Gasteiger partial charge in [-0.3, -0.25) is 14.5 Å². The largest absolute Gasteiger partial charge is 0.490 e. The molecule has 1 unspecified atom stereocenters. The first-order chi connectivity index (χ1) is 17.1. The van der Waals surface area contributed by atoms with E-state index in [4.69, 9.17) is 22.2 Å². The van der Waals surface area contributed by atoms with E-state index in [1.807, 2.05) is 0 Å². The van der Waals surface area contributed by atoms with Gasteiger partial charge in [0.2, 0.25) is 5.91 Å². The van der Waals surface area contributed by atoms with Gasteiger partial charge in [0.1, 0.15) is 23.5 Å². The van der Waals surface area contributed by atoms with Crippen LogP contribution in [-0.4, -0.2) is 40.1 Å². The van der Waals surface area contributed by atoms with Crippen molar-refractivity contribution >= 4 is 40.5 Å². The number of carbonyl (C=O) groups is 2. The highest BCUT2D eigenvalue weighted by Crippen LogP contribution is 2.48. The van der Waals surface area contributed by atoms with E-state index in [1.165, 1.54) is 6.07 Å². The summed E-state index contributed by atoms with van der Waals surface area (Å²) < 4.78 is 46.5. The number of pyridine rings is 1. The Kier molecular flexibility index (Phi) is 5.83. The van der Waals surface area contributed by atoms with Crippen molar-refractivity contribution < 1.29 is 27.5 Å². The predicted octanol–water partition coefficient (Wildman–Crippen LogP) is 3.69. The zero-order chi connectivity index (χ0) is 25.7. The van der Waals surface area contributed by atoms with Crippen molar-refractivity contribution in [3.05, 3.63) is 47.8 Å². The summed E-state index contributed by atoms with van der Waals surface area (Å²) in [4.78, 5) is 31.5. The molecule has 12 heteroatoms. The topological polar surface area (TPSA) is 98.6 Å². The van der Waals surface area contributed by atoms with Crippen molar-refractivity contribution in [3.63, 3.8) is 0 Å². The SMILES string of the molecule is N#Cc1ncc(N2C(=O)C3(CCC3)N(c3ccc(OC4CCNC(=O)C4)cc3)C2=S)cc1C(F)(F)F. The molecule has 1 atom stereocenters. The molecule has 2 saturated heterocycles. The van der Waals surface area contributed by atoms with Crippen LogP contribution in [0.4, 0.5) is 24.5 Å². The van der Waals surface area contributed by atoms with Crippen LogP contribution in [0.1, 0.15) is 43.4 Å². The minimum atomic E-state index is -4.82. The van der Waals surface area contributed by atoms with Crippen LogP contribution in [-0.2, 0) is 15.8 Å². The van der Waals surface area contributed by atoms with Crippen molar-refractivity contribution in [3.8, 4) is 11.8 Å². The van der Waals surface area contributed by atoms with Gasteiger partial charge in [0.25, 0.3) is 5.91 Å². The van der Waals surface area contributed by atoms with Gasteiger partial charge < -0.3 is 15.0 Å². The van der Waals surface area contributed by atoms with Crippen LogP contribution in [0.3, 0.4) is 0 Å². The maximum Gasteiger partial charge on any atom is 0.419 e. The van der Waals surface area contributed by atoms with Crippen LogP contribution in [0.2, 0.25) is 0 Å². The molecule has 1 saturated carbocycles. The van der Waals surface area contributed by atoms with E-state index < -0.39 is 28.9 Å². The third kappa shape index (κ3) is 3.93. The van der Waals surface area contributed by atoms with Gasteiger partial charge in [-0.05, 0) is 61.8 Å². The fraction of sp³-hybridized carbons (Fsp3) is 0.375. The van der Waals surface area contributed by atoms with Crippen LogP contribution >= 0.6 is 12.2 Å². The molecular weight excluding hydrogens is 495 g/mol. The molecule has 2 amide bonds. The Morgan fingerprint density at radius 2 is 1.92 bits per heavy atom. The number of hydrogen-bond donors (Lipinski definition) is 1. The summed E-state index contributed by atoms with van der Waals surface area (Å²) in [7, 11) is 0. The molecule has 1 N–H and O–H groups in total. The molecule has 1 aromatic heterocycles. The first-order valence-electron chi connectivity index (χ1n) is 11.3. The number of piperidine rings is 1.